The van der Waals surface area contributed by atoms with E-state index in [4.69, 9.17) is 0 Å². The summed E-state index contributed by atoms with van der Waals surface area (Å²) in [5, 5.41) is 9.01. The van der Waals surface area contributed by atoms with Gasteiger partial charge in [-0.15, -0.1) is 0 Å². The first-order valence-electron chi connectivity index (χ1n) is 9.36. The number of benzene rings is 2. The highest BCUT2D eigenvalue weighted by Crippen LogP contribution is 2.27. The van der Waals surface area contributed by atoms with Crippen LogP contribution in [0.1, 0.15) is 34.4 Å². The summed E-state index contributed by atoms with van der Waals surface area (Å²) in [5.74, 6) is 3.36. The van der Waals surface area contributed by atoms with Crippen molar-refractivity contribution in [1.29, 1.82) is 0 Å². The predicted octanol–water partition coefficient (Wildman–Crippen LogP) is 4.37. The summed E-state index contributed by atoms with van der Waals surface area (Å²) in [6.07, 6.45) is 0. The molecule has 6 nitrogen and oxygen atoms in total. The molecule has 0 bridgehead atoms. The molecule has 0 radical (unpaired) electrons. The maximum atomic E-state index is 4.50. The molecule has 0 aliphatic rings. The molecule has 0 N–H and O–H groups in total. The summed E-state index contributed by atoms with van der Waals surface area (Å²) in [6.45, 7) is 12.0. The van der Waals surface area contributed by atoms with Crippen molar-refractivity contribution in [3.8, 4) is 22.5 Å². The van der Waals surface area contributed by atoms with Crippen LogP contribution < -0.4 is 0 Å². The van der Waals surface area contributed by atoms with E-state index in [1.165, 1.54) is 11.1 Å². The van der Waals surface area contributed by atoms with Crippen LogP contribution in [0.25, 0.3) is 22.5 Å². The van der Waals surface area contributed by atoms with Crippen molar-refractivity contribution in [1.82, 2.24) is 29.5 Å². The SMILES string of the molecule is Cc1nc(C)n(-c2ccc(-c3ccc(-n4nc(C)nc4C)c(C)c3)cc2C)n1. The molecular formula is C22H24N6. The van der Waals surface area contributed by atoms with Crippen LogP contribution in [-0.4, -0.2) is 29.5 Å². The summed E-state index contributed by atoms with van der Waals surface area (Å²) >= 11 is 0. The lowest BCUT2D eigenvalue weighted by atomic mass is 10.00. The Morgan fingerprint density at radius 1 is 0.571 bits per heavy atom. The van der Waals surface area contributed by atoms with Gasteiger partial charge in [0.25, 0.3) is 0 Å². The Morgan fingerprint density at radius 2 is 0.964 bits per heavy atom. The minimum Gasteiger partial charge on any atom is -0.218 e. The van der Waals surface area contributed by atoms with E-state index >= 15 is 0 Å². The molecule has 2 aromatic heterocycles. The molecule has 2 aromatic carbocycles. The third-order valence-corrected chi connectivity index (χ3v) is 4.93. The Hall–Kier alpha value is -3.28. The van der Waals surface area contributed by atoms with E-state index < -0.39 is 0 Å². The molecule has 0 fully saturated rings. The molecule has 28 heavy (non-hydrogen) atoms. The van der Waals surface area contributed by atoms with E-state index in [1.54, 1.807) is 0 Å². The van der Waals surface area contributed by atoms with Gasteiger partial charge in [0.15, 0.2) is 0 Å². The van der Waals surface area contributed by atoms with Crippen LogP contribution in [0.3, 0.4) is 0 Å². The van der Waals surface area contributed by atoms with Crippen molar-refractivity contribution in [3.63, 3.8) is 0 Å². The number of hydrogen-bond donors (Lipinski definition) is 0. The molecule has 0 unspecified atom stereocenters. The van der Waals surface area contributed by atoms with Gasteiger partial charge in [0, 0.05) is 0 Å². The van der Waals surface area contributed by atoms with Crippen LogP contribution in [0.4, 0.5) is 0 Å². The number of hydrogen-bond acceptors (Lipinski definition) is 4. The second-order valence-electron chi connectivity index (χ2n) is 7.24. The van der Waals surface area contributed by atoms with Crippen molar-refractivity contribution < 1.29 is 0 Å². The lowest BCUT2D eigenvalue weighted by Gasteiger charge is -2.12. The molecule has 4 aromatic rings. The minimum atomic E-state index is 0.783. The normalized spacial score (nSPS) is 11.2. The summed E-state index contributed by atoms with van der Waals surface area (Å²) in [6, 6.07) is 12.9. The average Bonchev–Trinajstić information content (AvgIpc) is 3.15. The van der Waals surface area contributed by atoms with Gasteiger partial charge in [-0.1, -0.05) is 12.1 Å². The van der Waals surface area contributed by atoms with Crippen molar-refractivity contribution in [2.75, 3.05) is 0 Å². The lowest BCUT2D eigenvalue weighted by molar-refractivity contribution is 0.824. The largest absolute Gasteiger partial charge is 0.218 e. The molecule has 0 spiro atoms. The Labute approximate surface area is 164 Å². The van der Waals surface area contributed by atoms with Crippen LogP contribution in [0, 0.1) is 41.5 Å². The van der Waals surface area contributed by atoms with Crippen LogP contribution >= 0.6 is 0 Å². The van der Waals surface area contributed by atoms with Crippen LogP contribution in [-0.2, 0) is 0 Å². The Morgan fingerprint density at radius 3 is 1.25 bits per heavy atom. The van der Waals surface area contributed by atoms with Crippen LogP contribution in [0.5, 0.6) is 0 Å². The molecule has 2 heterocycles. The first kappa shape index (κ1) is 18.1. The van der Waals surface area contributed by atoms with Gasteiger partial charge >= 0.3 is 0 Å². The van der Waals surface area contributed by atoms with Crippen molar-refractivity contribution in [3.05, 3.63) is 70.8 Å². The monoisotopic (exact) mass is 372 g/mol. The van der Waals surface area contributed by atoms with Gasteiger partial charge < -0.3 is 0 Å². The van der Waals surface area contributed by atoms with Crippen LogP contribution in [0.15, 0.2) is 36.4 Å². The topological polar surface area (TPSA) is 61.4 Å². The summed E-state index contributed by atoms with van der Waals surface area (Å²) < 4.78 is 3.80. The third-order valence-electron chi connectivity index (χ3n) is 4.93. The van der Waals surface area contributed by atoms with Gasteiger partial charge in [-0.25, -0.2) is 19.3 Å². The lowest BCUT2D eigenvalue weighted by Crippen LogP contribution is -2.03. The number of rotatable bonds is 3. The highest BCUT2D eigenvalue weighted by atomic mass is 15.4. The Kier molecular flexibility index (Phi) is 4.34. The molecule has 142 valence electrons. The molecule has 0 saturated carbocycles. The molecule has 0 amide bonds. The van der Waals surface area contributed by atoms with Gasteiger partial charge in [0.2, 0.25) is 0 Å². The number of aryl methyl sites for hydroxylation is 6. The summed E-state index contributed by atoms with van der Waals surface area (Å²) in [4.78, 5) is 8.81. The maximum Gasteiger partial charge on any atom is 0.148 e. The molecule has 0 saturated heterocycles. The van der Waals surface area contributed by atoms with E-state index in [0.29, 0.717) is 0 Å². The smallest absolute Gasteiger partial charge is 0.148 e. The number of aromatic nitrogens is 6. The maximum absolute atomic E-state index is 4.50. The van der Waals surface area contributed by atoms with Gasteiger partial charge in [0.05, 0.1) is 11.4 Å². The highest BCUT2D eigenvalue weighted by molar-refractivity contribution is 5.68. The fourth-order valence-electron chi connectivity index (χ4n) is 3.64. The van der Waals surface area contributed by atoms with Crippen molar-refractivity contribution in [2.24, 2.45) is 0 Å². The first-order chi connectivity index (χ1) is 13.3. The third kappa shape index (κ3) is 3.11. The first-order valence-corrected chi connectivity index (χ1v) is 9.36. The fraction of sp³-hybridized carbons (Fsp3) is 0.273. The zero-order valence-electron chi connectivity index (χ0n) is 17.1. The van der Waals surface area contributed by atoms with E-state index in [1.807, 2.05) is 37.1 Å². The van der Waals surface area contributed by atoms with Crippen LogP contribution in [0.2, 0.25) is 0 Å². The highest BCUT2D eigenvalue weighted by Gasteiger charge is 2.12. The molecule has 0 aliphatic carbocycles. The molecule has 0 aliphatic heterocycles. The van der Waals surface area contributed by atoms with Gasteiger partial charge in [-0.05, 0) is 88.1 Å². The Balaban J connectivity index is 1.72. The van der Waals surface area contributed by atoms with Gasteiger partial charge in [-0.2, -0.15) is 10.2 Å². The minimum absolute atomic E-state index is 0.783. The molecule has 6 heteroatoms. The van der Waals surface area contributed by atoms with E-state index in [2.05, 4.69) is 70.4 Å². The summed E-state index contributed by atoms with van der Waals surface area (Å²) in [7, 11) is 0. The van der Waals surface area contributed by atoms with Crippen molar-refractivity contribution in [2.45, 2.75) is 41.5 Å². The zero-order valence-corrected chi connectivity index (χ0v) is 17.1. The predicted molar refractivity (Wildman–Crippen MR) is 110 cm³/mol. The second-order valence-corrected chi connectivity index (χ2v) is 7.24. The molecule has 0 atom stereocenters. The fourth-order valence-corrected chi connectivity index (χ4v) is 3.64. The second kappa shape index (κ2) is 6.71. The number of nitrogens with zero attached hydrogens (tertiary/aromatic N) is 6. The van der Waals surface area contributed by atoms with E-state index in [0.717, 1.165) is 45.8 Å². The molecular weight excluding hydrogens is 348 g/mol. The van der Waals surface area contributed by atoms with E-state index in [-0.39, 0.29) is 0 Å². The van der Waals surface area contributed by atoms with Gasteiger partial charge in [0.1, 0.15) is 23.3 Å². The zero-order chi connectivity index (χ0) is 20.0. The Bertz CT molecular complexity index is 1090. The van der Waals surface area contributed by atoms with Crippen molar-refractivity contribution >= 4 is 0 Å². The summed E-state index contributed by atoms with van der Waals surface area (Å²) in [5.41, 5.74) is 6.80. The quantitative estimate of drug-likeness (QED) is 0.536. The molecule has 4 rings (SSSR count). The van der Waals surface area contributed by atoms with Gasteiger partial charge in [-0.3, -0.25) is 0 Å². The van der Waals surface area contributed by atoms with E-state index in [9.17, 15) is 0 Å². The standard InChI is InChI=1S/C22H24N6/c1-13-11-19(7-9-21(13)27-17(5)23-15(3)25-27)20-8-10-22(14(2)12-20)28-18(6)24-16(4)26-28/h7-12H,1-6H3. The average molecular weight is 372 g/mol.